The molecule has 6 nitrogen and oxygen atoms in total. The van der Waals surface area contributed by atoms with Gasteiger partial charge in [0.05, 0.1) is 0 Å². The molecular weight excluding hydrogens is 236 g/mol. The quantitative estimate of drug-likeness (QED) is 0.598. The van der Waals surface area contributed by atoms with Crippen molar-refractivity contribution in [1.29, 1.82) is 0 Å². The van der Waals surface area contributed by atoms with Gasteiger partial charge in [0.2, 0.25) is 11.8 Å². The number of halogens is 1. The number of carbonyl (C=O) groups is 3. The Morgan fingerprint density at radius 3 is 2.38 bits per heavy atom. The van der Waals surface area contributed by atoms with Crippen LogP contribution in [0, 0.1) is 0 Å². The number of hydrogen-bond donors (Lipinski definition) is 2. The number of nitrogens with one attached hydrogen (secondary N) is 2. The van der Waals surface area contributed by atoms with E-state index in [4.69, 9.17) is 22.4 Å². The molecule has 3 N–H and O–H groups in total. The fourth-order valence-electron chi connectivity index (χ4n) is 1.08. The maximum absolute atomic E-state index is 11.1. The first kappa shape index (κ1) is 14.7. The Labute approximate surface area is 98.1 Å². The van der Waals surface area contributed by atoms with Gasteiger partial charge in [-0.1, -0.05) is 0 Å². The Morgan fingerprint density at radius 2 is 1.94 bits per heavy atom. The van der Waals surface area contributed by atoms with Gasteiger partial charge in [0.25, 0.3) is 0 Å². The van der Waals surface area contributed by atoms with Gasteiger partial charge < -0.3 is 10.4 Å². The number of aliphatic carboxylic acids is 1. The highest BCUT2D eigenvalue weighted by Crippen LogP contribution is 2.02. The second kappa shape index (κ2) is 7.92. The minimum absolute atomic E-state index is 0.00480. The van der Waals surface area contributed by atoms with Crippen LogP contribution in [-0.2, 0) is 14.4 Å². The smallest absolute Gasteiger partial charge is 0.326 e. The van der Waals surface area contributed by atoms with E-state index in [-0.39, 0.29) is 31.6 Å². The van der Waals surface area contributed by atoms with Gasteiger partial charge in [-0.25, -0.2) is 4.79 Å². The van der Waals surface area contributed by atoms with E-state index in [0.29, 0.717) is 0 Å². The maximum atomic E-state index is 11.1. The zero-order valence-corrected chi connectivity index (χ0v) is 9.42. The Bertz CT molecular complexity index is 270. The fourth-order valence-corrected chi connectivity index (χ4v) is 1.25. The molecule has 0 saturated carbocycles. The van der Waals surface area contributed by atoms with E-state index in [0.717, 1.165) is 0 Å². The lowest BCUT2D eigenvalue weighted by Crippen LogP contribution is -2.40. The molecule has 91 valence electrons. The molecule has 2 amide bonds. The second-order valence-electron chi connectivity index (χ2n) is 3.21. The van der Waals surface area contributed by atoms with Crippen LogP contribution in [0.25, 0.3) is 0 Å². The van der Waals surface area contributed by atoms with Gasteiger partial charge in [0, 0.05) is 18.7 Å². The lowest BCUT2D eigenvalue weighted by atomic mass is 10.1. The number of carbonyl (C=O) groups excluding carboxylic acids is 2. The second-order valence-corrected chi connectivity index (χ2v) is 3.59. The summed E-state index contributed by atoms with van der Waals surface area (Å²) in [4.78, 5) is 32.2. The van der Waals surface area contributed by atoms with Crippen LogP contribution < -0.4 is 11.1 Å². The number of rotatable bonds is 8. The fraction of sp³-hybridized carbons (Fsp3) is 0.667. The SMILES string of the molecule is [NH]C(=O)CCCC(NC(=O)CCCl)C(=O)O. The van der Waals surface area contributed by atoms with Gasteiger partial charge >= 0.3 is 5.97 Å². The average Bonchev–Trinajstić information content (AvgIpc) is 2.15. The van der Waals surface area contributed by atoms with E-state index >= 15 is 0 Å². The van der Waals surface area contributed by atoms with Crippen LogP contribution in [0.3, 0.4) is 0 Å². The van der Waals surface area contributed by atoms with Crippen molar-refractivity contribution in [3.63, 3.8) is 0 Å². The van der Waals surface area contributed by atoms with Crippen molar-refractivity contribution in [2.24, 2.45) is 0 Å². The number of amides is 2. The lowest BCUT2D eigenvalue weighted by molar-refractivity contribution is -0.142. The molecule has 0 aromatic heterocycles. The Kier molecular flexibility index (Phi) is 7.28. The molecule has 0 rings (SSSR count). The van der Waals surface area contributed by atoms with Gasteiger partial charge in [0.1, 0.15) is 6.04 Å². The summed E-state index contributed by atoms with van der Waals surface area (Å²) in [5.74, 6) is -2.19. The number of hydrogen-bond acceptors (Lipinski definition) is 3. The summed E-state index contributed by atoms with van der Waals surface area (Å²) in [7, 11) is 0. The number of carboxylic acid groups (broad SMARTS) is 1. The molecule has 0 aliphatic carbocycles. The molecule has 1 unspecified atom stereocenters. The first-order valence-electron chi connectivity index (χ1n) is 4.80. The molecule has 1 atom stereocenters. The third kappa shape index (κ3) is 7.05. The first-order valence-corrected chi connectivity index (χ1v) is 5.33. The zero-order chi connectivity index (χ0) is 12.6. The van der Waals surface area contributed by atoms with Gasteiger partial charge in [-0.05, 0) is 12.8 Å². The summed E-state index contributed by atoms with van der Waals surface area (Å²) >= 11 is 5.33. The van der Waals surface area contributed by atoms with Crippen molar-refractivity contribution in [2.75, 3.05) is 5.88 Å². The highest BCUT2D eigenvalue weighted by atomic mass is 35.5. The molecule has 1 radical (unpaired) electrons. The molecule has 0 aliphatic heterocycles. The van der Waals surface area contributed by atoms with E-state index in [1.807, 2.05) is 0 Å². The topological polar surface area (TPSA) is 107 Å². The summed E-state index contributed by atoms with van der Waals surface area (Å²) in [6.45, 7) is 0. The van der Waals surface area contributed by atoms with Crippen LogP contribution in [0.1, 0.15) is 25.7 Å². The van der Waals surface area contributed by atoms with Gasteiger partial charge in [-0.15, -0.1) is 11.6 Å². The molecule has 0 heterocycles. The van der Waals surface area contributed by atoms with Crippen LogP contribution in [0.4, 0.5) is 0 Å². The van der Waals surface area contributed by atoms with Crippen LogP contribution in [-0.4, -0.2) is 34.8 Å². The van der Waals surface area contributed by atoms with Crippen molar-refractivity contribution in [3.8, 4) is 0 Å². The van der Waals surface area contributed by atoms with Crippen molar-refractivity contribution in [1.82, 2.24) is 11.1 Å². The zero-order valence-electron chi connectivity index (χ0n) is 8.66. The minimum Gasteiger partial charge on any atom is -0.480 e. The monoisotopic (exact) mass is 249 g/mol. The standard InChI is InChI=1S/C9H14ClN2O4/c10-5-4-8(14)12-6(9(15)16)2-1-3-7(11)13/h6,11H,1-5H2,(H,12,14)(H,15,16). The van der Waals surface area contributed by atoms with E-state index < -0.39 is 23.8 Å². The minimum atomic E-state index is -1.15. The number of carboxylic acids is 1. The predicted molar refractivity (Wildman–Crippen MR) is 56.9 cm³/mol. The summed E-state index contributed by atoms with van der Waals surface area (Å²) in [6.07, 6.45) is 0.451. The molecule has 0 aromatic carbocycles. The highest BCUT2D eigenvalue weighted by molar-refractivity contribution is 6.18. The third-order valence-electron chi connectivity index (χ3n) is 1.85. The van der Waals surface area contributed by atoms with E-state index in [1.54, 1.807) is 0 Å². The van der Waals surface area contributed by atoms with E-state index in [9.17, 15) is 14.4 Å². The highest BCUT2D eigenvalue weighted by Gasteiger charge is 2.19. The molecule has 16 heavy (non-hydrogen) atoms. The predicted octanol–water partition coefficient (Wildman–Crippen LogP) is 0.165. The summed E-state index contributed by atoms with van der Waals surface area (Å²) in [6, 6.07) is -1.02. The Hall–Kier alpha value is -1.30. The lowest BCUT2D eigenvalue weighted by Gasteiger charge is -2.13. The molecule has 0 saturated heterocycles. The van der Waals surface area contributed by atoms with Gasteiger partial charge in [0.15, 0.2) is 0 Å². The summed E-state index contributed by atoms with van der Waals surface area (Å²) in [5, 5.41) is 11.1. The largest absolute Gasteiger partial charge is 0.480 e. The van der Waals surface area contributed by atoms with Gasteiger partial charge in [-0.3, -0.25) is 15.3 Å². The third-order valence-corrected chi connectivity index (χ3v) is 2.04. The maximum Gasteiger partial charge on any atom is 0.326 e. The Morgan fingerprint density at radius 1 is 1.31 bits per heavy atom. The van der Waals surface area contributed by atoms with Crippen LogP contribution in [0.5, 0.6) is 0 Å². The van der Waals surface area contributed by atoms with Crippen molar-refractivity contribution < 1.29 is 19.5 Å². The normalized spacial score (nSPS) is 11.8. The van der Waals surface area contributed by atoms with Gasteiger partial charge in [-0.2, -0.15) is 0 Å². The van der Waals surface area contributed by atoms with Crippen molar-refractivity contribution in [2.45, 2.75) is 31.7 Å². The first-order chi connectivity index (χ1) is 7.47. The molecule has 0 fully saturated rings. The summed E-state index contributed by atoms with van der Waals surface area (Å²) in [5.41, 5.74) is 6.65. The van der Waals surface area contributed by atoms with E-state index in [2.05, 4.69) is 5.32 Å². The van der Waals surface area contributed by atoms with Crippen molar-refractivity contribution in [3.05, 3.63) is 0 Å². The molecule has 0 aromatic rings. The molecule has 7 heteroatoms. The summed E-state index contributed by atoms with van der Waals surface area (Å²) < 4.78 is 0. The van der Waals surface area contributed by atoms with Crippen LogP contribution in [0.2, 0.25) is 0 Å². The molecule has 0 bridgehead atoms. The average molecular weight is 250 g/mol. The number of alkyl halides is 1. The van der Waals surface area contributed by atoms with Crippen molar-refractivity contribution >= 4 is 29.4 Å². The van der Waals surface area contributed by atoms with Crippen LogP contribution in [0.15, 0.2) is 0 Å². The van der Waals surface area contributed by atoms with Crippen LogP contribution >= 0.6 is 11.6 Å². The molecule has 0 spiro atoms. The molecular formula is C9H14ClN2O4. The van der Waals surface area contributed by atoms with E-state index in [1.165, 1.54) is 0 Å². The molecule has 0 aliphatic rings. The Balaban J connectivity index is 4.02.